The summed E-state index contributed by atoms with van der Waals surface area (Å²) in [6, 6.07) is 48.6. The van der Waals surface area contributed by atoms with Crippen LogP contribution in [0.1, 0.15) is 30.4 Å². The van der Waals surface area contributed by atoms with Gasteiger partial charge < -0.3 is 4.42 Å². The molecule has 0 N–H and O–H groups in total. The molecular weight excluding hydrogens is 611 g/mol. The Morgan fingerprint density at radius 2 is 1.14 bits per heavy atom. The van der Waals surface area contributed by atoms with E-state index in [4.69, 9.17) is 19.4 Å². The molecule has 4 heteroatoms. The Balaban J connectivity index is 1.14. The number of aromatic nitrogens is 3. The summed E-state index contributed by atoms with van der Waals surface area (Å²) in [5, 5.41) is 7.28. The second kappa shape index (κ2) is 11.4. The summed E-state index contributed by atoms with van der Waals surface area (Å²) in [5.41, 5.74) is 9.54. The van der Waals surface area contributed by atoms with Crippen molar-refractivity contribution in [2.24, 2.45) is 0 Å². The van der Waals surface area contributed by atoms with Gasteiger partial charge in [0.2, 0.25) is 0 Å². The van der Waals surface area contributed by atoms with E-state index in [1.54, 1.807) is 0 Å². The van der Waals surface area contributed by atoms with E-state index in [0.29, 0.717) is 23.4 Å². The maximum atomic E-state index is 6.57. The lowest BCUT2D eigenvalue weighted by Gasteiger charge is -2.23. The highest BCUT2D eigenvalue weighted by Crippen LogP contribution is 2.43. The number of allylic oxidation sites excluding steroid dienone is 1. The molecule has 0 fully saturated rings. The normalized spacial score (nSPS) is 14.1. The highest BCUT2D eigenvalue weighted by Gasteiger charge is 2.21. The summed E-state index contributed by atoms with van der Waals surface area (Å²) in [6.45, 7) is 2.34. The molecule has 0 spiro atoms. The molecule has 50 heavy (non-hydrogen) atoms. The SMILES string of the molecule is CC1CC=Cc2c1c1ccc(-c3ccc4c(c3)oc3cccc(-c5nc(-c6ccccc6)nc(-c6ccccc6)n5)c34)cc1c1ccccc21. The monoisotopic (exact) mass is 641 g/mol. The summed E-state index contributed by atoms with van der Waals surface area (Å²) in [5.74, 6) is 2.36. The van der Waals surface area contributed by atoms with Crippen LogP contribution in [0.3, 0.4) is 0 Å². The number of hydrogen-bond donors (Lipinski definition) is 0. The standard InChI is InChI=1S/C46H31N3O/c1-28-12-10-19-35-33-17-8-9-18-34(33)39-26-31(22-24-36(39)42(28)35)32-23-25-37-41(27-32)50-40-21-11-20-38(43(37)40)46-48-44(29-13-4-2-5-14-29)47-45(49-46)30-15-6-3-7-16-30/h2-11,13-28H,12H2,1H3. The zero-order valence-electron chi connectivity index (χ0n) is 27.5. The fourth-order valence-corrected chi connectivity index (χ4v) is 7.76. The van der Waals surface area contributed by atoms with Crippen molar-refractivity contribution in [3.63, 3.8) is 0 Å². The van der Waals surface area contributed by atoms with Gasteiger partial charge in [-0.15, -0.1) is 0 Å². The van der Waals surface area contributed by atoms with Gasteiger partial charge in [0.1, 0.15) is 11.2 Å². The second-order valence-corrected chi connectivity index (χ2v) is 13.2. The third-order valence-electron chi connectivity index (χ3n) is 10.1. The number of rotatable bonds is 4. The van der Waals surface area contributed by atoms with Crippen LogP contribution in [0, 0.1) is 0 Å². The van der Waals surface area contributed by atoms with Crippen LogP contribution in [0.2, 0.25) is 0 Å². The molecule has 1 aliphatic rings. The maximum absolute atomic E-state index is 6.57. The van der Waals surface area contributed by atoms with Gasteiger partial charge in [-0.3, -0.25) is 0 Å². The van der Waals surface area contributed by atoms with Crippen LogP contribution >= 0.6 is 0 Å². The highest BCUT2D eigenvalue weighted by molar-refractivity contribution is 6.15. The minimum atomic E-state index is 0.478. The van der Waals surface area contributed by atoms with Crippen LogP contribution < -0.4 is 0 Å². The minimum absolute atomic E-state index is 0.478. The highest BCUT2D eigenvalue weighted by atomic mass is 16.3. The summed E-state index contributed by atoms with van der Waals surface area (Å²) in [4.78, 5) is 14.9. The van der Waals surface area contributed by atoms with Gasteiger partial charge in [0.25, 0.3) is 0 Å². The smallest absolute Gasteiger partial charge is 0.164 e. The van der Waals surface area contributed by atoms with E-state index in [9.17, 15) is 0 Å². The molecule has 9 aromatic rings. The molecule has 2 aromatic heterocycles. The Bertz CT molecular complexity index is 2740. The molecule has 2 heterocycles. The first-order valence-corrected chi connectivity index (χ1v) is 17.2. The van der Waals surface area contributed by atoms with Crippen molar-refractivity contribution < 1.29 is 4.42 Å². The molecule has 0 aliphatic heterocycles. The second-order valence-electron chi connectivity index (χ2n) is 13.2. The van der Waals surface area contributed by atoms with Crippen LogP contribution in [-0.2, 0) is 0 Å². The molecule has 0 saturated carbocycles. The molecule has 1 atom stereocenters. The van der Waals surface area contributed by atoms with E-state index in [1.807, 2.05) is 72.8 Å². The molecule has 1 unspecified atom stereocenters. The van der Waals surface area contributed by atoms with Gasteiger partial charge in [-0.2, -0.15) is 0 Å². The zero-order valence-corrected chi connectivity index (χ0v) is 27.5. The molecule has 236 valence electrons. The summed E-state index contributed by atoms with van der Waals surface area (Å²) >= 11 is 0. The zero-order chi connectivity index (χ0) is 33.2. The Morgan fingerprint density at radius 3 is 1.88 bits per heavy atom. The number of benzene rings is 7. The van der Waals surface area contributed by atoms with Crippen molar-refractivity contribution >= 4 is 49.6 Å². The van der Waals surface area contributed by atoms with Crippen LogP contribution in [0.15, 0.2) is 150 Å². The minimum Gasteiger partial charge on any atom is -0.456 e. The van der Waals surface area contributed by atoms with Crippen molar-refractivity contribution in [3.8, 4) is 45.3 Å². The Kier molecular flexibility index (Phi) is 6.50. The predicted octanol–water partition coefficient (Wildman–Crippen LogP) is 12.3. The quantitative estimate of drug-likeness (QED) is 0.179. The van der Waals surface area contributed by atoms with Gasteiger partial charge in [0.15, 0.2) is 17.5 Å². The molecular formula is C46H31N3O. The fraction of sp³-hybridized carbons (Fsp3) is 0.0652. The summed E-state index contributed by atoms with van der Waals surface area (Å²) in [6.07, 6.45) is 5.70. The number of fused-ring (bicyclic) bond motifs is 9. The first-order chi connectivity index (χ1) is 24.7. The van der Waals surface area contributed by atoms with Crippen molar-refractivity contribution in [1.29, 1.82) is 0 Å². The average Bonchev–Trinajstić information content (AvgIpc) is 3.56. The lowest BCUT2D eigenvalue weighted by atomic mass is 9.81. The van der Waals surface area contributed by atoms with Gasteiger partial charge in [0, 0.05) is 27.5 Å². The first-order valence-electron chi connectivity index (χ1n) is 17.2. The third-order valence-corrected chi connectivity index (χ3v) is 10.1. The average molecular weight is 642 g/mol. The molecule has 0 saturated heterocycles. The lowest BCUT2D eigenvalue weighted by molar-refractivity contribution is 0.669. The van der Waals surface area contributed by atoms with E-state index in [-0.39, 0.29) is 0 Å². The summed E-state index contributed by atoms with van der Waals surface area (Å²) < 4.78 is 6.57. The van der Waals surface area contributed by atoms with Crippen molar-refractivity contribution in [1.82, 2.24) is 15.0 Å². The first kappa shape index (κ1) is 28.6. The Morgan fingerprint density at radius 1 is 0.500 bits per heavy atom. The Hall–Kier alpha value is -6.39. The van der Waals surface area contributed by atoms with E-state index < -0.39 is 0 Å². The van der Waals surface area contributed by atoms with Crippen molar-refractivity contribution in [2.45, 2.75) is 19.3 Å². The van der Waals surface area contributed by atoms with E-state index in [0.717, 1.165) is 50.6 Å². The number of nitrogens with zero attached hydrogens (tertiary/aromatic N) is 3. The van der Waals surface area contributed by atoms with Crippen molar-refractivity contribution in [2.75, 3.05) is 0 Å². The fourth-order valence-electron chi connectivity index (χ4n) is 7.76. The van der Waals surface area contributed by atoms with Gasteiger partial charge in [0.05, 0.1) is 0 Å². The van der Waals surface area contributed by atoms with Gasteiger partial charge in [-0.1, -0.05) is 134 Å². The molecule has 10 rings (SSSR count). The maximum Gasteiger partial charge on any atom is 0.164 e. The van der Waals surface area contributed by atoms with E-state index >= 15 is 0 Å². The van der Waals surface area contributed by atoms with Crippen LogP contribution in [0.25, 0.3) is 94.8 Å². The molecule has 0 radical (unpaired) electrons. The van der Waals surface area contributed by atoms with Gasteiger partial charge in [-0.05, 0) is 80.4 Å². The van der Waals surface area contributed by atoms with E-state index in [1.165, 1.54) is 38.2 Å². The Labute approximate surface area is 289 Å². The molecule has 0 amide bonds. The van der Waals surface area contributed by atoms with Gasteiger partial charge in [-0.25, -0.2) is 15.0 Å². The third kappa shape index (κ3) is 4.56. The van der Waals surface area contributed by atoms with Crippen LogP contribution in [0.4, 0.5) is 0 Å². The number of hydrogen-bond acceptors (Lipinski definition) is 4. The predicted molar refractivity (Wildman–Crippen MR) is 206 cm³/mol. The summed E-state index contributed by atoms with van der Waals surface area (Å²) in [7, 11) is 0. The van der Waals surface area contributed by atoms with Crippen molar-refractivity contribution in [3.05, 3.63) is 157 Å². The van der Waals surface area contributed by atoms with Crippen LogP contribution in [0.5, 0.6) is 0 Å². The molecule has 1 aliphatic carbocycles. The largest absolute Gasteiger partial charge is 0.456 e. The lowest BCUT2D eigenvalue weighted by Crippen LogP contribution is -2.02. The topological polar surface area (TPSA) is 51.8 Å². The van der Waals surface area contributed by atoms with E-state index in [2.05, 4.69) is 85.8 Å². The van der Waals surface area contributed by atoms with Gasteiger partial charge >= 0.3 is 0 Å². The van der Waals surface area contributed by atoms with Crippen LogP contribution in [-0.4, -0.2) is 15.0 Å². The molecule has 4 nitrogen and oxygen atoms in total. The number of furan rings is 1. The molecule has 7 aromatic carbocycles. The molecule has 0 bridgehead atoms.